The Morgan fingerprint density at radius 1 is 0.875 bits per heavy atom. The third-order valence-electron chi connectivity index (χ3n) is 9.57. The summed E-state index contributed by atoms with van der Waals surface area (Å²) in [7, 11) is 0. The van der Waals surface area contributed by atoms with Gasteiger partial charge in [0.1, 0.15) is 0 Å². The highest BCUT2D eigenvalue weighted by Crippen LogP contribution is 2.66. The molecule has 0 N–H and O–H groups in total. The van der Waals surface area contributed by atoms with E-state index < -0.39 is 0 Å². The van der Waals surface area contributed by atoms with Gasteiger partial charge in [0.15, 0.2) is 0 Å². The Labute approximate surface area is 150 Å². The van der Waals surface area contributed by atoms with Gasteiger partial charge in [0.25, 0.3) is 0 Å². The van der Waals surface area contributed by atoms with Gasteiger partial charge in [0, 0.05) is 0 Å². The number of hydrogen-bond donors (Lipinski definition) is 0. The summed E-state index contributed by atoms with van der Waals surface area (Å²) in [6.45, 7) is 14.5. The summed E-state index contributed by atoms with van der Waals surface area (Å²) in [6, 6.07) is 0. The lowest BCUT2D eigenvalue weighted by molar-refractivity contribution is -0.0452. The molecule has 0 heteroatoms. The molecule has 136 valence electrons. The molecule has 4 fully saturated rings. The molecule has 8 atom stereocenters. The minimum absolute atomic E-state index is 0.579. The van der Waals surface area contributed by atoms with Crippen molar-refractivity contribution in [3.8, 4) is 0 Å². The van der Waals surface area contributed by atoms with Crippen LogP contribution >= 0.6 is 0 Å². The van der Waals surface area contributed by atoms with Gasteiger partial charge in [-0.3, -0.25) is 0 Å². The molecule has 0 heterocycles. The molecule has 0 aromatic carbocycles. The number of fused-ring (bicyclic) bond motifs is 5. The van der Waals surface area contributed by atoms with Crippen LogP contribution in [0.3, 0.4) is 0 Å². The van der Waals surface area contributed by atoms with Crippen LogP contribution in [0, 0.1) is 46.3 Å². The lowest BCUT2D eigenvalue weighted by Gasteiger charge is -2.54. The van der Waals surface area contributed by atoms with Crippen LogP contribution in [0.15, 0.2) is 12.2 Å². The van der Waals surface area contributed by atoms with E-state index in [0.717, 1.165) is 35.5 Å². The second-order valence-electron chi connectivity index (χ2n) is 11.0. The number of rotatable bonds is 1. The van der Waals surface area contributed by atoms with Crippen LogP contribution in [0.5, 0.6) is 0 Å². The maximum Gasteiger partial charge on any atom is -0.0152 e. The zero-order valence-electron chi connectivity index (χ0n) is 16.7. The summed E-state index contributed by atoms with van der Waals surface area (Å²) in [5, 5.41) is 0. The molecule has 0 bridgehead atoms. The van der Waals surface area contributed by atoms with Gasteiger partial charge in [0.2, 0.25) is 0 Å². The van der Waals surface area contributed by atoms with Crippen molar-refractivity contribution in [2.24, 2.45) is 46.3 Å². The molecule has 0 nitrogen and oxygen atoms in total. The van der Waals surface area contributed by atoms with E-state index in [2.05, 4.69) is 34.3 Å². The van der Waals surface area contributed by atoms with Gasteiger partial charge in [-0.2, -0.15) is 0 Å². The number of hydrogen-bond acceptors (Lipinski definition) is 0. The third-order valence-corrected chi connectivity index (χ3v) is 9.57. The molecule has 0 amide bonds. The molecule has 0 aromatic rings. The average Bonchev–Trinajstić information content (AvgIpc) is 2.78. The van der Waals surface area contributed by atoms with Crippen LogP contribution in [0.1, 0.15) is 91.9 Å². The van der Waals surface area contributed by atoms with Gasteiger partial charge in [-0.25, -0.2) is 0 Å². The molecule has 4 rings (SSSR count). The average molecular weight is 329 g/mol. The Bertz CT molecular complexity index is 504. The first-order valence-electron chi connectivity index (χ1n) is 11.0. The van der Waals surface area contributed by atoms with Crippen molar-refractivity contribution < 1.29 is 0 Å². The van der Waals surface area contributed by atoms with E-state index in [1.54, 1.807) is 0 Å². The Morgan fingerprint density at radius 3 is 2.33 bits per heavy atom. The Balaban J connectivity index is 1.63. The van der Waals surface area contributed by atoms with Crippen LogP contribution in [0.25, 0.3) is 0 Å². The summed E-state index contributed by atoms with van der Waals surface area (Å²) < 4.78 is 0. The molecular formula is C24H40. The minimum atomic E-state index is 0.579. The summed E-state index contributed by atoms with van der Waals surface area (Å²) in [5.41, 5.74) is 2.72. The first-order chi connectivity index (χ1) is 11.3. The standard InChI is InChI=1S/C24H40/c1-16(2)20-10-11-22-18-7-6-13-23(4)15-17(3)8-9-21(23)19(18)12-14-24(20,22)5/h17-22H,1,6-15H2,2-5H3/t17-,18-,19?,20+,21+,22?,23+,24+/m0/s1. The quantitative estimate of drug-likeness (QED) is 0.445. The van der Waals surface area contributed by atoms with E-state index in [-0.39, 0.29) is 0 Å². The molecule has 0 aromatic heterocycles. The van der Waals surface area contributed by atoms with Gasteiger partial charge in [-0.05, 0) is 105 Å². The SMILES string of the molecule is C=C(C)[C@H]1CCC2[C@H]3CCC[C@]4(C)C[C@@H](C)CC[C@@H]4C3CC[C@@]21C. The van der Waals surface area contributed by atoms with Crippen molar-refractivity contribution >= 4 is 0 Å². The number of allylic oxidation sites excluding steroid dienone is 1. The first kappa shape index (κ1) is 17.2. The molecule has 0 spiro atoms. The fourth-order valence-electron chi connectivity index (χ4n) is 8.66. The lowest BCUT2D eigenvalue weighted by Crippen LogP contribution is -2.46. The molecule has 24 heavy (non-hydrogen) atoms. The van der Waals surface area contributed by atoms with Crippen LogP contribution in [0.2, 0.25) is 0 Å². The Kier molecular flexibility index (Phi) is 4.21. The first-order valence-corrected chi connectivity index (χ1v) is 11.0. The van der Waals surface area contributed by atoms with Crippen molar-refractivity contribution in [1.82, 2.24) is 0 Å². The molecule has 2 unspecified atom stereocenters. The third kappa shape index (κ3) is 2.45. The molecule has 4 aliphatic carbocycles. The lowest BCUT2D eigenvalue weighted by atomic mass is 9.51. The fraction of sp³-hybridized carbons (Fsp3) is 0.917. The van der Waals surface area contributed by atoms with E-state index >= 15 is 0 Å². The highest BCUT2D eigenvalue weighted by atomic mass is 14.6. The van der Waals surface area contributed by atoms with Crippen molar-refractivity contribution in [2.75, 3.05) is 0 Å². The molecule has 4 aliphatic rings. The van der Waals surface area contributed by atoms with Crippen LogP contribution in [-0.2, 0) is 0 Å². The van der Waals surface area contributed by atoms with E-state index in [4.69, 9.17) is 0 Å². The highest BCUT2D eigenvalue weighted by Gasteiger charge is 2.57. The van der Waals surface area contributed by atoms with Gasteiger partial charge in [-0.1, -0.05) is 45.8 Å². The second kappa shape index (κ2) is 5.88. The van der Waals surface area contributed by atoms with Crippen LogP contribution < -0.4 is 0 Å². The maximum atomic E-state index is 4.38. The molecular weight excluding hydrogens is 288 g/mol. The van der Waals surface area contributed by atoms with Gasteiger partial charge < -0.3 is 0 Å². The monoisotopic (exact) mass is 328 g/mol. The summed E-state index contributed by atoms with van der Waals surface area (Å²) in [4.78, 5) is 0. The van der Waals surface area contributed by atoms with Gasteiger partial charge in [-0.15, -0.1) is 0 Å². The smallest absolute Gasteiger partial charge is 0.0152 e. The van der Waals surface area contributed by atoms with Crippen molar-refractivity contribution in [2.45, 2.75) is 91.9 Å². The van der Waals surface area contributed by atoms with Crippen LogP contribution in [0.4, 0.5) is 0 Å². The molecule has 0 radical (unpaired) electrons. The summed E-state index contributed by atoms with van der Waals surface area (Å²) in [5.74, 6) is 5.90. The largest absolute Gasteiger partial charge is 0.0998 e. The zero-order valence-corrected chi connectivity index (χ0v) is 16.7. The van der Waals surface area contributed by atoms with Crippen LogP contribution in [-0.4, -0.2) is 0 Å². The zero-order chi connectivity index (χ0) is 17.1. The van der Waals surface area contributed by atoms with Crippen molar-refractivity contribution in [3.05, 3.63) is 12.2 Å². The second-order valence-corrected chi connectivity index (χ2v) is 11.0. The Morgan fingerprint density at radius 2 is 1.58 bits per heavy atom. The predicted octanol–water partition coefficient (Wildman–Crippen LogP) is 7.25. The fourth-order valence-corrected chi connectivity index (χ4v) is 8.66. The van der Waals surface area contributed by atoms with Crippen molar-refractivity contribution in [1.29, 1.82) is 0 Å². The van der Waals surface area contributed by atoms with E-state index in [1.165, 1.54) is 69.8 Å². The summed E-state index contributed by atoms with van der Waals surface area (Å²) >= 11 is 0. The van der Waals surface area contributed by atoms with E-state index in [9.17, 15) is 0 Å². The predicted molar refractivity (Wildman–Crippen MR) is 104 cm³/mol. The Hall–Kier alpha value is -0.260. The highest BCUT2D eigenvalue weighted by molar-refractivity contribution is 5.14. The topological polar surface area (TPSA) is 0 Å². The van der Waals surface area contributed by atoms with Gasteiger partial charge in [0.05, 0.1) is 0 Å². The van der Waals surface area contributed by atoms with E-state index in [0.29, 0.717) is 10.8 Å². The molecule has 0 aliphatic heterocycles. The van der Waals surface area contributed by atoms with E-state index in [1.807, 2.05) is 0 Å². The maximum absolute atomic E-state index is 4.38. The van der Waals surface area contributed by atoms with Gasteiger partial charge >= 0.3 is 0 Å². The minimum Gasteiger partial charge on any atom is -0.0998 e. The van der Waals surface area contributed by atoms with Crippen molar-refractivity contribution in [3.63, 3.8) is 0 Å². The molecule has 4 saturated carbocycles. The normalized spacial score (nSPS) is 54.3. The summed E-state index contributed by atoms with van der Waals surface area (Å²) in [6.07, 6.45) is 15.0. The molecule has 0 saturated heterocycles.